The number of hydrogen-bond acceptors (Lipinski definition) is 4. The van der Waals surface area contributed by atoms with Gasteiger partial charge in [0.2, 0.25) is 6.41 Å². The van der Waals surface area contributed by atoms with Crippen LogP contribution in [0.4, 0.5) is 5.82 Å². The number of carbonyl (C=O) groups excluding carboxylic acids is 2. The molecule has 1 aromatic rings. The van der Waals surface area contributed by atoms with Gasteiger partial charge in [0.25, 0.3) is 5.91 Å². The largest absolute Gasteiger partial charge is 0.357 e. The fraction of sp³-hybridized carbons (Fsp3) is 0.588. The van der Waals surface area contributed by atoms with E-state index in [1.807, 2.05) is 12.1 Å². The predicted octanol–water partition coefficient (Wildman–Crippen LogP) is 1.38. The molecule has 124 valence electrons. The topological polar surface area (TPSA) is 56.8 Å². The molecule has 0 unspecified atom stereocenters. The molecule has 2 amide bonds. The van der Waals surface area contributed by atoms with Gasteiger partial charge >= 0.3 is 0 Å². The monoisotopic (exact) mass is 316 g/mol. The minimum Gasteiger partial charge on any atom is -0.357 e. The van der Waals surface area contributed by atoms with Crippen molar-refractivity contribution in [2.45, 2.75) is 25.7 Å². The van der Waals surface area contributed by atoms with Gasteiger partial charge in [0.1, 0.15) is 11.5 Å². The number of anilines is 1. The summed E-state index contributed by atoms with van der Waals surface area (Å²) in [5, 5.41) is 0. The molecule has 2 aliphatic rings. The zero-order valence-corrected chi connectivity index (χ0v) is 13.5. The number of pyridine rings is 1. The Morgan fingerprint density at radius 3 is 2.30 bits per heavy atom. The molecule has 0 bridgehead atoms. The van der Waals surface area contributed by atoms with Crippen LogP contribution in [0.2, 0.25) is 0 Å². The molecule has 2 fully saturated rings. The summed E-state index contributed by atoms with van der Waals surface area (Å²) in [6.07, 6.45) is 5.77. The number of hydrogen-bond donors (Lipinski definition) is 0. The van der Waals surface area contributed by atoms with E-state index in [1.54, 1.807) is 15.9 Å². The van der Waals surface area contributed by atoms with Crippen molar-refractivity contribution < 1.29 is 9.59 Å². The van der Waals surface area contributed by atoms with E-state index in [9.17, 15) is 9.59 Å². The molecule has 0 aromatic carbocycles. The first-order chi connectivity index (χ1) is 11.3. The number of nitrogens with zero attached hydrogens (tertiary/aromatic N) is 4. The lowest BCUT2D eigenvalue weighted by Crippen LogP contribution is -2.48. The Bertz CT molecular complexity index is 547. The van der Waals surface area contributed by atoms with Crippen molar-refractivity contribution >= 4 is 18.1 Å². The standard InChI is InChI=1S/C17H24N4O2/c22-14-19-10-12-21(13-11-19)17(23)15-6-5-7-16(18-15)20-8-3-1-2-4-9-20/h5-7,14H,1-4,8-13H2. The summed E-state index contributed by atoms with van der Waals surface area (Å²) in [5.74, 6) is 0.872. The van der Waals surface area contributed by atoms with Gasteiger partial charge in [-0.1, -0.05) is 18.9 Å². The Balaban J connectivity index is 1.69. The molecule has 0 N–H and O–H groups in total. The SMILES string of the molecule is O=CN1CCN(C(=O)c2cccc(N3CCCCCC3)n2)CC1. The van der Waals surface area contributed by atoms with Gasteiger partial charge in [-0.2, -0.15) is 0 Å². The maximum Gasteiger partial charge on any atom is 0.272 e. The van der Waals surface area contributed by atoms with E-state index >= 15 is 0 Å². The van der Waals surface area contributed by atoms with Gasteiger partial charge in [-0.25, -0.2) is 4.98 Å². The highest BCUT2D eigenvalue weighted by atomic mass is 16.2. The van der Waals surface area contributed by atoms with Gasteiger partial charge in [0.15, 0.2) is 0 Å². The van der Waals surface area contributed by atoms with Crippen molar-refractivity contribution in [1.29, 1.82) is 0 Å². The lowest BCUT2D eigenvalue weighted by Gasteiger charge is -2.32. The van der Waals surface area contributed by atoms with Crippen LogP contribution in [-0.2, 0) is 4.79 Å². The van der Waals surface area contributed by atoms with Crippen LogP contribution in [0.5, 0.6) is 0 Å². The molecule has 3 heterocycles. The number of carbonyl (C=O) groups is 2. The zero-order valence-electron chi connectivity index (χ0n) is 13.5. The van der Waals surface area contributed by atoms with Gasteiger partial charge in [0, 0.05) is 39.3 Å². The second-order valence-corrected chi connectivity index (χ2v) is 6.22. The first kappa shape index (κ1) is 15.8. The molecule has 0 spiro atoms. The first-order valence-electron chi connectivity index (χ1n) is 8.48. The quantitative estimate of drug-likeness (QED) is 0.791. The Hall–Kier alpha value is -2.11. The smallest absolute Gasteiger partial charge is 0.272 e. The summed E-state index contributed by atoms with van der Waals surface area (Å²) in [7, 11) is 0. The second-order valence-electron chi connectivity index (χ2n) is 6.22. The van der Waals surface area contributed by atoms with E-state index in [0.29, 0.717) is 31.9 Å². The van der Waals surface area contributed by atoms with E-state index in [0.717, 1.165) is 25.3 Å². The van der Waals surface area contributed by atoms with Crippen LogP contribution in [0, 0.1) is 0 Å². The zero-order chi connectivity index (χ0) is 16.1. The molecule has 0 aliphatic carbocycles. The van der Waals surface area contributed by atoms with Gasteiger partial charge in [-0.3, -0.25) is 9.59 Å². The highest BCUT2D eigenvalue weighted by Crippen LogP contribution is 2.18. The van der Waals surface area contributed by atoms with Crippen LogP contribution in [0.1, 0.15) is 36.2 Å². The predicted molar refractivity (Wildman–Crippen MR) is 88.5 cm³/mol. The third-order valence-electron chi connectivity index (χ3n) is 4.63. The molecule has 0 radical (unpaired) electrons. The van der Waals surface area contributed by atoms with Gasteiger partial charge in [0.05, 0.1) is 0 Å². The number of piperazine rings is 1. The Morgan fingerprint density at radius 2 is 1.65 bits per heavy atom. The van der Waals surface area contributed by atoms with Crippen molar-refractivity contribution in [3.63, 3.8) is 0 Å². The van der Waals surface area contributed by atoms with Crippen LogP contribution in [0.25, 0.3) is 0 Å². The van der Waals surface area contributed by atoms with E-state index in [1.165, 1.54) is 25.7 Å². The van der Waals surface area contributed by atoms with Crippen LogP contribution in [0.15, 0.2) is 18.2 Å². The maximum atomic E-state index is 12.6. The third kappa shape index (κ3) is 3.81. The highest BCUT2D eigenvalue weighted by Gasteiger charge is 2.23. The number of amides is 2. The summed E-state index contributed by atoms with van der Waals surface area (Å²) in [6.45, 7) is 4.38. The number of aromatic nitrogens is 1. The third-order valence-corrected chi connectivity index (χ3v) is 4.63. The molecule has 0 atom stereocenters. The van der Waals surface area contributed by atoms with E-state index in [-0.39, 0.29) is 5.91 Å². The molecule has 2 aliphatic heterocycles. The number of rotatable bonds is 3. The van der Waals surface area contributed by atoms with E-state index < -0.39 is 0 Å². The summed E-state index contributed by atoms with van der Waals surface area (Å²) in [6, 6.07) is 5.70. The molecule has 3 rings (SSSR count). The Morgan fingerprint density at radius 1 is 0.957 bits per heavy atom. The fourth-order valence-electron chi connectivity index (χ4n) is 3.21. The minimum atomic E-state index is -0.0350. The van der Waals surface area contributed by atoms with Crippen LogP contribution >= 0.6 is 0 Å². The lowest BCUT2D eigenvalue weighted by molar-refractivity contribution is -0.119. The van der Waals surface area contributed by atoms with Crippen LogP contribution < -0.4 is 4.90 Å². The summed E-state index contributed by atoms with van der Waals surface area (Å²) >= 11 is 0. The van der Waals surface area contributed by atoms with Crippen LogP contribution in [0.3, 0.4) is 0 Å². The molecule has 23 heavy (non-hydrogen) atoms. The van der Waals surface area contributed by atoms with E-state index in [4.69, 9.17) is 0 Å². The first-order valence-corrected chi connectivity index (χ1v) is 8.48. The molecular weight excluding hydrogens is 292 g/mol. The average Bonchev–Trinajstić information content (AvgIpc) is 2.91. The van der Waals surface area contributed by atoms with Crippen molar-refractivity contribution in [2.24, 2.45) is 0 Å². The van der Waals surface area contributed by atoms with Gasteiger partial charge in [-0.05, 0) is 25.0 Å². The molecule has 2 saturated heterocycles. The van der Waals surface area contributed by atoms with Gasteiger partial charge in [-0.15, -0.1) is 0 Å². The van der Waals surface area contributed by atoms with E-state index in [2.05, 4.69) is 9.88 Å². The molecule has 6 nitrogen and oxygen atoms in total. The Labute approximate surface area is 137 Å². The highest BCUT2D eigenvalue weighted by molar-refractivity contribution is 5.92. The summed E-state index contributed by atoms with van der Waals surface area (Å²) in [4.78, 5) is 33.8. The summed E-state index contributed by atoms with van der Waals surface area (Å²) in [5.41, 5.74) is 0.506. The normalized spacial score (nSPS) is 19.4. The average molecular weight is 316 g/mol. The Kier molecular flexibility index (Phi) is 5.10. The second kappa shape index (κ2) is 7.44. The van der Waals surface area contributed by atoms with Crippen molar-refractivity contribution in [2.75, 3.05) is 44.2 Å². The van der Waals surface area contributed by atoms with Crippen molar-refractivity contribution in [3.8, 4) is 0 Å². The lowest BCUT2D eigenvalue weighted by atomic mass is 10.2. The summed E-state index contributed by atoms with van der Waals surface area (Å²) < 4.78 is 0. The maximum absolute atomic E-state index is 12.6. The van der Waals surface area contributed by atoms with Crippen molar-refractivity contribution in [1.82, 2.24) is 14.8 Å². The van der Waals surface area contributed by atoms with Gasteiger partial charge < -0.3 is 14.7 Å². The van der Waals surface area contributed by atoms with Crippen molar-refractivity contribution in [3.05, 3.63) is 23.9 Å². The fourth-order valence-corrected chi connectivity index (χ4v) is 3.21. The molecule has 0 saturated carbocycles. The van der Waals surface area contributed by atoms with Crippen LogP contribution in [-0.4, -0.2) is 66.4 Å². The minimum absolute atomic E-state index is 0.0350. The molecule has 1 aromatic heterocycles. The molecule has 6 heteroatoms. The molecular formula is C17H24N4O2.